The first-order valence-electron chi connectivity index (χ1n) is 13.4. The van der Waals surface area contributed by atoms with Gasteiger partial charge in [0.25, 0.3) is 0 Å². The van der Waals surface area contributed by atoms with E-state index in [2.05, 4.69) is 43.9 Å². The third-order valence-electron chi connectivity index (χ3n) is 7.38. The van der Waals surface area contributed by atoms with E-state index in [1.807, 2.05) is 24.0 Å². The largest absolute Gasteiger partial charge is 0.489 e. The minimum Gasteiger partial charge on any atom is -0.489 e. The summed E-state index contributed by atoms with van der Waals surface area (Å²) >= 11 is 0. The van der Waals surface area contributed by atoms with Gasteiger partial charge in [0.2, 0.25) is 5.91 Å². The molecule has 0 unspecified atom stereocenters. The third kappa shape index (κ3) is 6.68. The molecule has 0 bridgehead atoms. The Morgan fingerprint density at radius 1 is 1.29 bits per heavy atom. The number of benzene rings is 1. The van der Waals surface area contributed by atoms with Gasteiger partial charge in [0.05, 0.1) is 12.2 Å². The summed E-state index contributed by atoms with van der Waals surface area (Å²) in [6, 6.07) is 6.27. The summed E-state index contributed by atoms with van der Waals surface area (Å²) in [6.07, 6.45) is 8.03. The van der Waals surface area contributed by atoms with Gasteiger partial charge in [-0.1, -0.05) is 51.1 Å². The zero-order valence-corrected chi connectivity index (χ0v) is 21.9. The molecule has 1 aromatic carbocycles. The predicted molar refractivity (Wildman–Crippen MR) is 140 cm³/mol. The molecule has 192 valence electrons. The van der Waals surface area contributed by atoms with E-state index >= 15 is 0 Å². The predicted octanol–water partition coefficient (Wildman–Crippen LogP) is 4.85. The van der Waals surface area contributed by atoms with E-state index in [9.17, 15) is 15.0 Å². The molecular formula is C30H43NO4. The number of hydrogen-bond donors (Lipinski definition) is 2. The molecule has 3 rings (SSSR count). The molecule has 0 radical (unpaired) electrons. The van der Waals surface area contributed by atoms with Crippen molar-refractivity contribution in [2.24, 2.45) is 11.8 Å². The smallest absolute Gasteiger partial charge is 0.222 e. The number of fused-ring (bicyclic) bond motifs is 3. The molecule has 1 aliphatic heterocycles. The Balaban J connectivity index is 1.66. The summed E-state index contributed by atoms with van der Waals surface area (Å²) in [7, 11) is 0. The van der Waals surface area contributed by atoms with Crippen LogP contribution in [-0.4, -0.2) is 52.4 Å². The summed E-state index contributed by atoms with van der Waals surface area (Å²) in [5.41, 5.74) is 2.29. The van der Waals surface area contributed by atoms with E-state index < -0.39 is 12.2 Å². The van der Waals surface area contributed by atoms with Gasteiger partial charge in [-0.05, 0) is 44.1 Å². The zero-order chi connectivity index (χ0) is 25.4. The minimum absolute atomic E-state index is 0.0417. The molecule has 1 amide bonds. The lowest BCUT2D eigenvalue weighted by Crippen LogP contribution is -2.32. The average molecular weight is 482 g/mol. The quantitative estimate of drug-likeness (QED) is 0.331. The van der Waals surface area contributed by atoms with E-state index in [0.717, 1.165) is 55.6 Å². The van der Waals surface area contributed by atoms with Gasteiger partial charge in [-0.3, -0.25) is 4.79 Å². The average Bonchev–Trinajstić information content (AvgIpc) is 3.35. The van der Waals surface area contributed by atoms with Gasteiger partial charge in [0, 0.05) is 49.8 Å². The number of aliphatic hydroxyl groups is 2. The Bertz CT molecular complexity index is 924. The number of ether oxygens (including phenoxy) is 1. The van der Waals surface area contributed by atoms with Crippen LogP contribution in [0.4, 0.5) is 0 Å². The molecule has 1 fully saturated rings. The maximum atomic E-state index is 12.7. The normalized spacial score (nSPS) is 24.3. The van der Waals surface area contributed by atoms with Crippen LogP contribution < -0.4 is 4.74 Å². The van der Waals surface area contributed by atoms with Crippen LogP contribution in [-0.2, 0) is 11.2 Å². The van der Waals surface area contributed by atoms with Crippen LogP contribution in [0.25, 0.3) is 0 Å². The third-order valence-corrected chi connectivity index (χ3v) is 7.38. The maximum Gasteiger partial charge on any atom is 0.222 e. The van der Waals surface area contributed by atoms with Crippen LogP contribution in [0.3, 0.4) is 0 Å². The molecule has 0 spiro atoms. The molecule has 1 heterocycles. The highest BCUT2D eigenvalue weighted by Gasteiger charge is 2.48. The lowest BCUT2D eigenvalue weighted by atomic mass is 9.86. The summed E-state index contributed by atoms with van der Waals surface area (Å²) in [6.45, 7) is 9.68. The molecule has 6 atom stereocenters. The highest BCUT2D eigenvalue weighted by Crippen LogP contribution is 2.52. The maximum absolute atomic E-state index is 12.7. The molecule has 0 saturated heterocycles. The van der Waals surface area contributed by atoms with Crippen molar-refractivity contribution in [2.75, 3.05) is 13.1 Å². The van der Waals surface area contributed by atoms with Crippen LogP contribution in [0.15, 0.2) is 30.4 Å². The number of rotatable bonds is 12. The fraction of sp³-hybridized carbons (Fsp3) is 0.633. The topological polar surface area (TPSA) is 70.0 Å². The molecule has 5 heteroatoms. The van der Waals surface area contributed by atoms with Crippen molar-refractivity contribution in [3.8, 4) is 17.6 Å². The Hall–Kier alpha value is -2.29. The Kier molecular flexibility index (Phi) is 10.2. The number of amides is 1. The molecule has 0 aromatic heterocycles. The molecule has 1 saturated carbocycles. The molecule has 2 aliphatic rings. The summed E-state index contributed by atoms with van der Waals surface area (Å²) in [5.74, 6) is 7.12. The Labute approximate surface area is 211 Å². The minimum atomic E-state index is -0.590. The molecule has 1 aliphatic carbocycles. The number of hydrogen-bond acceptors (Lipinski definition) is 4. The molecular weight excluding hydrogens is 438 g/mol. The van der Waals surface area contributed by atoms with Crippen LogP contribution in [0.2, 0.25) is 0 Å². The highest BCUT2D eigenvalue weighted by atomic mass is 16.5. The standard InChI is InChI=1S/C30H43NO4/c1-5-8-11-21(4)25(32)17-16-23-26(33)20-27-29(23)24-14-9-12-22(30(24)35-27)13-10-15-28(34)31(18-6-2)19-7-3/h9,12,14,16-17,21,23,25-27,29,32-33H,6-7,10-11,13,15,18-20H2,1-4H3/t21-,23+,25-,26-,27+,29+/m1/s1. The summed E-state index contributed by atoms with van der Waals surface area (Å²) in [5, 5.41) is 21.3. The first-order chi connectivity index (χ1) is 16.9. The van der Waals surface area contributed by atoms with E-state index in [-0.39, 0.29) is 29.8 Å². The first kappa shape index (κ1) is 27.3. The van der Waals surface area contributed by atoms with Crippen molar-refractivity contribution >= 4 is 5.91 Å². The number of carbonyl (C=O) groups excluding carboxylic acids is 1. The first-order valence-corrected chi connectivity index (χ1v) is 13.4. The lowest BCUT2D eigenvalue weighted by molar-refractivity contribution is -0.131. The van der Waals surface area contributed by atoms with Gasteiger partial charge >= 0.3 is 0 Å². The Morgan fingerprint density at radius 2 is 2.03 bits per heavy atom. The van der Waals surface area contributed by atoms with Crippen molar-refractivity contribution in [2.45, 2.75) is 96.9 Å². The van der Waals surface area contributed by atoms with E-state index in [4.69, 9.17) is 4.74 Å². The zero-order valence-electron chi connectivity index (χ0n) is 21.9. The number of carbonyl (C=O) groups is 1. The number of aliphatic hydroxyl groups excluding tert-OH is 2. The lowest BCUT2D eigenvalue weighted by Gasteiger charge is -2.21. The van der Waals surface area contributed by atoms with Crippen molar-refractivity contribution in [1.82, 2.24) is 4.90 Å². The van der Waals surface area contributed by atoms with Crippen molar-refractivity contribution in [3.05, 3.63) is 41.5 Å². The number of para-hydroxylation sites is 1. The highest BCUT2D eigenvalue weighted by molar-refractivity contribution is 5.76. The van der Waals surface area contributed by atoms with E-state index in [0.29, 0.717) is 19.3 Å². The second-order valence-electron chi connectivity index (χ2n) is 10.1. The SMILES string of the molecule is CC#CC[C@@H](C)[C@H](O)C=C[C@@H]1[C@H]2c3cccc(CCCC(=O)N(CCC)CCC)c3O[C@H]2C[C@H]1O. The fourth-order valence-electron chi connectivity index (χ4n) is 5.47. The van der Waals surface area contributed by atoms with Gasteiger partial charge in [0.1, 0.15) is 11.9 Å². The van der Waals surface area contributed by atoms with Gasteiger partial charge in [-0.2, -0.15) is 0 Å². The summed E-state index contributed by atoms with van der Waals surface area (Å²) in [4.78, 5) is 14.6. The van der Waals surface area contributed by atoms with Crippen molar-refractivity contribution in [3.63, 3.8) is 0 Å². The number of aryl methyl sites for hydroxylation is 1. The summed E-state index contributed by atoms with van der Waals surface area (Å²) < 4.78 is 6.38. The van der Waals surface area contributed by atoms with E-state index in [1.54, 1.807) is 6.92 Å². The van der Waals surface area contributed by atoms with Crippen molar-refractivity contribution < 1.29 is 19.7 Å². The van der Waals surface area contributed by atoms with Crippen LogP contribution in [0.5, 0.6) is 5.75 Å². The molecule has 2 N–H and O–H groups in total. The van der Waals surface area contributed by atoms with Gasteiger partial charge < -0.3 is 19.8 Å². The second-order valence-corrected chi connectivity index (χ2v) is 10.1. The van der Waals surface area contributed by atoms with Crippen LogP contribution in [0, 0.1) is 23.7 Å². The monoisotopic (exact) mass is 481 g/mol. The molecule has 1 aromatic rings. The van der Waals surface area contributed by atoms with E-state index in [1.165, 1.54) is 0 Å². The molecule has 5 nitrogen and oxygen atoms in total. The Morgan fingerprint density at radius 3 is 2.71 bits per heavy atom. The van der Waals surface area contributed by atoms with Gasteiger partial charge in [-0.25, -0.2) is 0 Å². The van der Waals surface area contributed by atoms with Gasteiger partial charge in [-0.15, -0.1) is 11.8 Å². The molecule has 35 heavy (non-hydrogen) atoms. The van der Waals surface area contributed by atoms with Crippen molar-refractivity contribution in [1.29, 1.82) is 0 Å². The second kappa shape index (κ2) is 13.1. The van der Waals surface area contributed by atoms with Gasteiger partial charge in [0.15, 0.2) is 0 Å². The van der Waals surface area contributed by atoms with Crippen LogP contribution >= 0.6 is 0 Å². The van der Waals surface area contributed by atoms with Crippen LogP contribution in [0.1, 0.15) is 83.3 Å². The fourth-order valence-corrected chi connectivity index (χ4v) is 5.47. The number of nitrogens with zero attached hydrogens (tertiary/aromatic N) is 1.